The van der Waals surface area contributed by atoms with Gasteiger partial charge in [-0.15, -0.1) is 0 Å². The van der Waals surface area contributed by atoms with E-state index in [0.717, 1.165) is 30.3 Å². The van der Waals surface area contributed by atoms with E-state index in [1.165, 1.54) is 0 Å². The topological polar surface area (TPSA) is 44.8 Å². The molecule has 0 spiro atoms. The number of hydrogen-bond acceptors (Lipinski definition) is 4. The summed E-state index contributed by atoms with van der Waals surface area (Å²) in [5.74, 6) is 0.0982. The fourth-order valence-electron chi connectivity index (χ4n) is 2.80. The number of amides is 1. The number of hydrogen-bond donors (Lipinski definition) is 1. The molecule has 1 aromatic rings. The first-order valence-electron chi connectivity index (χ1n) is 7.36. The average Bonchev–Trinajstić information content (AvgIpc) is 2.56. The molecule has 1 aromatic carbocycles. The van der Waals surface area contributed by atoms with Crippen molar-refractivity contribution in [2.24, 2.45) is 0 Å². The molecule has 1 atom stereocenters. The molecule has 0 radical (unpaired) electrons. The zero-order valence-corrected chi connectivity index (χ0v) is 12.7. The van der Waals surface area contributed by atoms with Crippen LogP contribution in [0.15, 0.2) is 24.3 Å². The first-order valence-corrected chi connectivity index (χ1v) is 7.74. The molecule has 114 valence electrons. The van der Waals surface area contributed by atoms with Crippen molar-refractivity contribution in [2.45, 2.75) is 6.10 Å². The Kier molecular flexibility index (Phi) is 4.63. The number of rotatable bonds is 2. The fourth-order valence-corrected chi connectivity index (χ4v) is 3.06. The molecule has 0 bridgehead atoms. The molecule has 6 heteroatoms. The molecule has 1 amide bonds. The van der Waals surface area contributed by atoms with Gasteiger partial charge in [-0.25, -0.2) is 0 Å². The lowest BCUT2D eigenvalue weighted by Gasteiger charge is -2.38. The molecular weight excluding hydrogens is 290 g/mol. The zero-order chi connectivity index (χ0) is 14.7. The van der Waals surface area contributed by atoms with Crippen LogP contribution in [-0.2, 0) is 9.53 Å². The maximum atomic E-state index is 12.4. The van der Waals surface area contributed by atoms with Crippen LogP contribution in [0.5, 0.6) is 0 Å². The number of halogens is 1. The van der Waals surface area contributed by atoms with Crippen molar-refractivity contribution in [3.05, 3.63) is 29.3 Å². The maximum absolute atomic E-state index is 12.4. The van der Waals surface area contributed by atoms with Gasteiger partial charge in [0.15, 0.2) is 0 Å². The van der Waals surface area contributed by atoms with E-state index in [1.807, 2.05) is 29.2 Å². The van der Waals surface area contributed by atoms with Gasteiger partial charge in [-0.3, -0.25) is 4.79 Å². The predicted molar refractivity (Wildman–Crippen MR) is 82.9 cm³/mol. The van der Waals surface area contributed by atoms with Crippen LogP contribution in [0.4, 0.5) is 5.69 Å². The van der Waals surface area contributed by atoms with Crippen LogP contribution >= 0.6 is 11.6 Å². The van der Waals surface area contributed by atoms with Gasteiger partial charge in [-0.2, -0.15) is 0 Å². The summed E-state index contributed by atoms with van der Waals surface area (Å²) in [6, 6.07) is 7.84. The van der Waals surface area contributed by atoms with E-state index in [0.29, 0.717) is 26.2 Å². The molecule has 0 aliphatic carbocycles. The summed E-state index contributed by atoms with van der Waals surface area (Å²) in [5, 5.41) is 3.96. The van der Waals surface area contributed by atoms with Crippen molar-refractivity contribution in [2.75, 3.05) is 50.8 Å². The normalized spacial score (nSPS) is 23.2. The molecule has 2 aliphatic rings. The molecule has 3 rings (SSSR count). The van der Waals surface area contributed by atoms with Gasteiger partial charge in [0.1, 0.15) is 6.10 Å². The second-order valence-electron chi connectivity index (χ2n) is 5.33. The summed E-state index contributed by atoms with van der Waals surface area (Å²) in [4.78, 5) is 16.5. The average molecular weight is 310 g/mol. The van der Waals surface area contributed by atoms with Crippen molar-refractivity contribution in [3.63, 3.8) is 0 Å². The van der Waals surface area contributed by atoms with E-state index >= 15 is 0 Å². The lowest BCUT2D eigenvalue weighted by Crippen LogP contribution is -2.55. The first-order chi connectivity index (χ1) is 10.3. The molecule has 21 heavy (non-hydrogen) atoms. The highest BCUT2D eigenvalue weighted by molar-refractivity contribution is 6.33. The van der Waals surface area contributed by atoms with E-state index in [1.54, 1.807) is 0 Å². The zero-order valence-electron chi connectivity index (χ0n) is 11.9. The minimum atomic E-state index is -0.328. The Bertz CT molecular complexity index is 497. The highest BCUT2D eigenvalue weighted by Gasteiger charge is 2.29. The van der Waals surface area contributed by atoms with Gasteiger partial charge in [0.25, 0.3) is 5.91 Å². The SMILES string of the molecule is O=C(C1CNCCO1)N1CCN(c2ccccc2Cl)CC1. The third kappa shape index (κ3) is 3.31. The number of morpholine rings is 1. The van der Waals surface area contributed by atoms with Crippen LogP contribution in [0.2, 0.25) is 5.02 Å². The summed E-state index contributed by atoms with van der Waals surface area (Å²) in [6.45, 7) is 5.07. The standard InChI is InChI=1S/C15H20ClN3O2/c16-12-3-1-2-4-13(12)18-6-8-19(9-7-18)15(20)14-11-17-5-10-21-14/h1-4,14,17H,5-11H2. The lowest BCUT2D eigenvalue weighted by atomic mass is 10.2. The number of anilines is 1. The molecule has 2 heterocycles. The summed E-state index contributed by atoms with van der Waals surface area (Å²) in [7, 11) is 0. The number of carbonyl (C=O) groups is 1. The summed E-state index contributed by atoms with van der Waals surface area (Å²) >= 11 is 6.23. The third-order valence-corrected chi connectivity index (χ3v) is 4.31. The highest BCUT2D eigenvalue weighted by atomic mass is 35.5. The van der Waals surface area contributed by atoms with Crippen LogP contribution in [0, 0.1) is 0 Å². The molecule has 0 aromatic heterocycles. The Labute approximate surface area is 129 Å². The second-order valence-corrected chi connectivity index (χ2v) is 5.73. The van der Waals surface area contributed by atoms with Crippen LogP contribution in [0.1, 0.15) is 0 Å². The second kappa shape index (κ2) is 6.64. The number of piperazine rings is 1. The maximum Gasteiger partial charge on any atom is 0.253 e. The number of carbonyl (C=O) groups excluding carboxylic acids is 1. The summed E-state index contributed by atoms with van der Waals surface area (Å²) in [6.07, 6.45) is -0.328. The monoisotopic (exact) mass is 309 g/mol. The van der Waals surface area contributed by atoms with E-state index < -0.39 is 0 Å². The Morgan fingerprint density at radius 1 is 1.24 bits per heavy atom. The van der Waals surface area contributed by atoms with Crippen LogP contribution in [0.3, 0.4) is 0 Å². The number of benzene rings is 1. The molecule has 0 saturated carbocycles. The van der Waals surface area contributed by atoms with Gasteiger partial charge in [-0.05, 0) is 12.1 Å². The highest BCUT2D eigenvalue weighted by Crippen LogP contribution is 2.26. The quantitative estimate of drug-likeness (QED) is 0.884. The third-order valence-electron chi connectivity index (χ3n) is 3.99. The van der Waals surface area contributed by atoms with E-state index in [9.17, 15) is 4.79 Å². The molecule has 2 aliphatic heterocycles. The molecule has 2 fully saturated rings. The summed E-state index contributed by atoms with van der Waals surface area (Å²) < 4.78 is 5.54. The lowest BCUT2D eigenvalue weighted by molar-refractivity contribution is -0.145. The number of ether oxygens (including phenoxy) is 1. The number of nitrogens with one attached hydrogen (secondary N) is 1. The van der Waals surface area contributed by atoms with Crippen LogP contribution in [0.25, 0.3) is 0 Å². The van der Waals surface area contributed by atoms with E-state index in [-0.39, 0.29) is 12.0 Å². The minimum Gasteiger partial charge on any atom is -0.367 e. The van der Waals surface area contributed by atoms with E-state index in [4.69, 9.17) is 16.3 Å². The van der Waals surface area contributed by atoms with Crippen molar-refractivity contribution < 1.29 is 9.53 Å². The van der Waals surface area contributed by atoms with E-state index in [2.05, 4.69) is 10.2 Å². The van der Waals surface area contributed by atoms with Gasteiger partial charge in [-0.1, -0.05) is 23.7 Å². The van der Waals surface area contributed by atoms with Crippen molar-refractivity contribution in [1.82, 2.24) is 10.2 Å². The van der Waals surface area contributed by atoms with Gasteiger partial charge in [0.2, 0.25) is 0 Å². The first kappa shape index (κ1) is 14.6. The van der Waals surface area contributed by atoms with Crippen LogP contribution in [-0.4, -0.2) is 62.8 Å². The van der Waals surface area contributed by atoms with Crippen molar-refractivity contribution >= 4 is 23.2 Å². The molecular formula is C15H20ClN3O2. The Morgan fingerprint density at radius 2 is 2.00 bits per heavy atom. The van der Waals surface area contributed by atoms with Crippen LogP contribution < -0.4 is 10.2 Å². The van der Waals surface area contributed by atoms with Crippen molar-refractivity contribution in [1.29, 1.82) is 0 Å². The predicted octanol–water partition coefficient (Wildman–Crippen LogP) is 0.977. The smallest absolute Gasteiger partial charge is 0.253 e. The number of nitrogens with zero attached hydrogens (tertiary/aromatic N) is 2. The Hall–Kier alpha value is -1.30. The molecule has 1 N–H and O–H groups in total. The number of para-hydroxylation sites is 1. The fraction of sp³-hybridized carbons (Fsp3) is 0.533. The summed E-state index contributed by atoms with van der Waals surface area (Å²) in [5.41, 5.74) is 1.04. The largest absolute Gasteiger partial charge is 0.367 e. The van der Waals surface area contributed by atoms with Crippen molar-refractivity contribution in [3.8, 4) is 0 Å². The Balaban J connectivity index is 1.57. The molecule has 2 saturated heterocycles. The van der Waals surface area contributed by atoms with Gasteiger partial charge >= 0.3 is 0 Å². The molecule has 1 unspecified atom stereocenters. The minimum absolute atomic E-state index is 0.0982. The van der Waals surface area contributed by atoms with Gasteiger partial charge < -0.3 is 19.9 Å². The van der Waals surface area contributed by atoms with Gasteiger partial charge in [0.05, 0.1) is 17.3 Å². The molecule has 5 nitrogen and oxygen atoms in total. The van der Waals surface area contributed by atoms with Gasteiger partial charge in [0, 0.05) is 39.3 Å². The Morgan fingerprint density at radius 3 is 2.67 bits per heavy atom.